The minimum Gasteiger partial charge on any atom is -0.122 e. The smallest absolute Gasteiger partial charge is 0.0474 e. The normalized spacial score (nSPS) is 11.7. The highest BCUT2D eigenvalue weighted by Gasteiger charge is 2.10. The van der Waals surface area contributed by atoms with Crippen molar-refractivity contribution in [3.05, 3.63) is 35.4 Å². The standard InChI is InChI=1S/C12H17Cl/c1-12(2,3)8-10-4-6-11(9-13)7-5-10/h4-7H,8-9H2,1-3H3. The molecule has 0 fully saturated rings. The Morgan fingerprint density at radius 2 is 1.46 bits per heavy atom. The van der Waals surface area contributed by atoms with E-state index in [4.69, 9.17) is 11.6 Å². The van der Waals surface area contributed by atoms with Gasteiger partial charge in [-0.25, -0.2) is 0 Å². The van der Waals surface area contributed by atoms with Crippen molar-refractivity contribution in [2.45, 2.75) is 33.1 Å². The Morgan fingerprint density at radius 3 is 1.85 bits per heavy atom. The number of hydrogen-bond acceptors (Lipinski definition) is 0. The number of hydrogen-bond donors (Lipinski definition) is 0. The van der Waals surface area contributed by atoms with Crippen molar-refractivity contribution in [2.75, 3.05) is 0 Å². The zero-order chi connectivity index (χ0) is 9.90. The topological polar surface area (TPSA) is 0 Å². The molecule has 0 bridgehead atoms. The van der Waals surface area contributed by atoms with E-state index in [1.807, 2.05) is 0 Å². The Bertz CT molecular complexity index is 253. The van der Waals surface area contributed by atoms with Gasteiger partial charge in [-0.15, -0.1) is 11.6 Å². The fourth-order valence-electron chi connectivity index (χ4n) is 1.36. The number of rotatable bonds is 2. The van der Waals surface area contributed by atoms with Crippen molar-refractivity contribution in [3.8, 4) is 0 Å². The molecule has 1 aromatic carbocycles. The minimum atomic E-state index is 0.364. The van der Waals surface area contributed by atoms with Gasteiger partial charge in [-0.05, 0) is 23.0 Å². The molecule has 1 rings (SSSR count). The van der Waals surface area contributed by atoms with Gasteiger partial charge in [0.1, 0.15) is 0 Å². The Kier molecular flexibility index (Phi) is 3.38. The lowest BCUT2D eigenvalue weighted by molar-refractivity contribution is 0.411. The third kappa shape index (κ3) is 3.82. The highest BCUT2D eigenvalue weighted by molar-refractivity contribution is 6.17. The van der Waals surface area contributed by atoms with Crippen LogP contribution in [0.2, 0.25) is 0 Å². The Hall–Kier alpha value is -0.490. The number of alkyl halides is 1. The number of benzene rings is 1. The van der Waals surface area contributed by atoms with E-state index in [2.05, 4.69) is 45.0 Å². The molecule has 0 unspecified atom stereocenters. The largest absolute Gasteiger partial charge is 0.122 e. The molecule has 0 aliphatic carbocycles. The maximum absolute atomic E-state index is 5.71. The SMILES string of the molecule is CC(C)(C)Cc1ccc(CCl)cc1. The van der Waals surface area contributed by atoms with Crippen LogP contribution >= 0.6 is 11.6 Å². The van der Waals surface area contributed by atoms with Crippen molar-refractivity contribution in [3.63, 3.8) is 0 Å². The third-order valence-electron chi connectivity index (χ3n) is 1.91. The molecule has 0 atom stereocenters. The van der Waals surface area contributed by atoms with E-state index in [9.17, 15) is 0 Å². The highest BCUT2D eigenvalue weighted by Crippen LogP contribution is 2.20. The molecule has 0 N–H and O–H groups in total. The molecule has 13 heavy (non-hydrogen) atoms. The van der Waals surface area contributed by atoms with E-state index in [0.29, 0.717) is 11.3 Å². The van der Waals surface area contributed by atoms with E-state index >= 15 is 0 Å². The Morgan fingerprint density at radius 1 is 1.00 bits per heavy atom. The van der Waals surface area contributed by atoms with Gasteiger partial charge in [-0.2, -0.15) is 0 Å². The molecule has 0 radical (unpaired) electrons. The quantitative estimate of drug-likeness (QED) is 0.627. The van der Waals surface area contributed by atoms with E-state index in [1.54, 1.807) is 0 Å². The van der Waals surface area contributed by atoms with Crippen molar-refractivity contribution >= 4 is 11.6 Å². The summed E-state index contributed by atoms with van der Waals surface area (Å²) in [7, 11) is 0. The summed E-state index contributed by atoms with van der Waals surface area (Å²) >= 11 is 5.71. The Balaban J connectivity index is 2.70. The molecule has 0 amide bonds. The first-order valence-electron chi connectivity index (χ1n) is 4.65. The van der Waals surface area contributed by atoms with Gasteiger partial charge < -0.3 is 0 Å². The van der Waals surface area contributed by atoms with Crippen LogP contribution in [0.25, 0.3) is 0 Å². The van der Waals surface area contributed by atoms with Crippen molar-refractivity contribution in [1.82, 2.24) is 0 Å². The lowest BCUT2D eigenvalue weighted by Gasteiger charge is -2.18. The zero-order valence-electron chi connectivity index (χ0n) is 8.60. The van der Waals surface area contributed by atoms with E-state index in [1.165, 1.54) is 11.1 Å². The van der Waals surface area contributed by atoms with Crippen LogP contribution < -0.4 is 0 Å². The second-order valence-electron chi connectivity index (χ2n) is 4.69. The average molecular weight is 197 g/mol. The first kappa shape index (κ1) is 10.6. The van der Waals surface area contributed by atoms with E-state index in [0.717, 1.165) is 6.42 Å². The molecule has 0 heterocycles. The zero-order valence-corrected chi connectivity index (χ0v) is 9.36. The maximum atomic E-state index is 5.71. The van der Waals surface area contributed by atoms with Gasteiger partial charge in [0.25, 0.3) is 0 Å². The van der Waals surface area contributed by atoms with Gasteiger partial charge in [-0.1, -0.05) is 45.0 Å². The summed E-state index contributed by atoms with van der Waals surface area (Å²) in [5, 5.41) is 0. The molecule has 0 saturated heterocycles. The Labute approximate surface area is 85.9 Å². The van der Waals surface area contributed by atoms with Crippen LogP contribution in [0.3, 0.4) is 0 Å². The molecule has 0 aromatic heterocycles. The van der Waals surface area contributed by atoms with Crippen LogP contribution in [0, 0.1) is 5.41 Å². The molecular weight excluding hydrogens is 180 g/mol. The summed E-state index contributed by atoms with van der Waals surface area (Å²) in [4.78, 5) is 0. The summed E-state index contributed by atoms with van der Waals surface area (Å²) in [5.41, 5.74) is 2.95. The molecule has 0 aliphatic rings. The van der Waals surface area contributed by atoms with Crippen LogP contribution in [-0.4, -0.2) is 0 Å². The van der Waals surface area contributed by atoms with Gasteiger partial charge >= 0.3 is 0 Å². The average Bonchev–Trinajstić information content (AvgIpc) is 2.03. The first-order chi connectivity index (χ1) is 6.01. The van der Waals surface area contributed by atoms with Crippen molar-refractivity contribution in [1.29, 1.82) is 0 Å². The van der Waals surface area contributed by atoms with Gasteiger partial charge in [0, 0.05) is 5.88 Å². The van der Waals surface area contributed by atoms with E-state index in [-0.39, 0.29) is 0 Å². The van der Waals surface area contributed by atoms with Gasteiger partial charge in [0.2, 0.25) is 0 Å². The van der Waals surface area contributed by atoms with Crippen LogP contribution in [-0.2, 0) is 12.3 Å². The van der Waals surface area contributed by atoms with E-state index < -0.39 is 0 Å². The molecule has 0 spiro atoms. The second-order valence-corrected chi connectivity index (χ2v) is 4.95. The lowest BCUT2D eigenvalue weighted by Crippen LogP contribution is -2.08. The monoisotopic (exact) mass is 196 g/mol. The fraction of sp³-hybridized carbons (Fsp3) is 0.500. The van der Waals surface area contributed by atoms with Crippen LogP contribution in [0.1, 0.15) is 31.9 Å². The molecular formula is C12H17Cl. The molecule has 1 heteroatoms. The summed E-state index contributed by atoms with van der Waals surface area (Å²) < 4.78 is 0. The van der Waals surface area contributed by atoms with Crippen molar-refractivity contribution < 1.29 is 0 Å². The summed E-state index contributed by atoms with van der Waals surface area (Å²) in [5.74, 6) is 0.607. The fourth-order valence-corrected chi connectivity index (χ4v) is 1.54. The predicted molar refractivity (Wildman–Crippen MR) is 59.2 cm³/mol. The lowest BCUT2D eigenvalue weighted by atomic mass is 9.88. The van der Waals surface area contributed by atoms with Gasteiger partial charge in [-0.3, -0.25) is 0 Å². The maximum Gasteiger partial charge on any atom is 0.0474 e. The van der Waals surface area contributed by atoms with Gasteiger partial charge in [0.05, 0.1) is 0 Å². The first-order valence-corrected chi connectivity index (χ1v) is 5.18. The second kappa shape index (κ2) is 4.15. The third-order valence-corrected chi connectivity index (χ3v) is 2.22. The highest BCUT2D eigenvalue weighted by atomic mass is 35.5. The molecule has 1 aromatic rings. The predicted octanol–water partition coefficient (Wildman–Crippen LogP) is 4.01. The number of halogens is 1. The minimum absolute atomic E-state index is 0.364. The molecule has 0 saturated carbocycles. The summed E-state index contributed by atoms with van der Waals surface area (Å²) in [6.45, 7) is 6.76. The summed E-state index contributed by atoms with van der Waals surface area (Å²) in [6, 6.07) is 8.55. The van der Waals surface area contributed by atoms with Crippen molar-refractivity contribution in [2.24, 2.45) is 5.41 Å². The molecule has 72 valence electrons. The molecule has 0 nitrogen and oxygen atoms in total. The molecule has 0 aliphatic heterocycles. The van der Waals surface area contributed by atoms with Crippen LogP contribution in [0.5, 0.6) is 0 Å². The van der Waals surface area contributed by atoms with Gasteiger partial charge in [0.15, 0.2) is 0 Å². The van der Waals surface area contributed by atoms with Crippen LogP contribution in [0.4, 0.5) is 0 Å². The summed E-state index contributed by atoms with van der Waals surface area (Å²) in [6.07, 6.45) is 1.12. The van der Waals surface area contributed by atoms with Crippen LogP contribution in [0.15, 0.2) is 24.3 Å².